The van der Waals surface area contributed by atoms with Gasteiger partial charge in [-0.3, -0.25) is 5.10 Å². The van der Waals surface area contributed by atoms with Crippen molar-refractivity contribution in [1.82, 2.24) is 20.2 Å². The van der Waals surface area contributed by atoms with Crippen molar-refractivity contribution in [1.29, 1.82) is 0 Å². The molecule has 0 bridgehead atoms. The maximum atomic E-state index is 9.87. The molecule has 0 unspecified atom stereocenters. The monoisotopic (exact) mass is 344 g/mol. The van der Waals surface area contributed by atoms with Crippen LogP contribution in [0, 0.1) is 13.8 Å². The maximum absolute atomic E-state index is 9.87. The second-order valence-corrected chi connectivity index (χ2v) is 6.89. The zero-order valence-electron chi connectivity index (χ0n) is 15.4. The standard InChI is InChI=1S/C18H28N6O/c1-13-16(14(2)22-21-13)7-5-10-23(3)18-19-9-8-17(20-18)24-11-4-6-15(25)12-24/h8-9,15,25H,4-7,10-12H2,1-3H3,(H,21,22)/t15-/m1/s1. The van der Waals surface area contributed by atoms with Gasteiger partial charge in [0.1, 0.15) is 5.82 Å². The van der Waals surface area contributed by atoms with Gasteiger partial charge in [0, 0.05) is 38.6 Å². The van der Waals surface area contributed by atoms with E-state index in [0.717, 1.165) is 61.9 Å². The van der Waals surface area contributed by atoms with Gasteiger partial charge in [0.2, 0.25) is 5.95 Å². The van der Waals surface area contributed by atoms with Crippen LogP contribution >= 0.6 is 0 Å². The van der Waals surface area contributed by atoms with Crippen LogP contribution in [-0.4, -0.2) is 58.1 Å². The predicted molar refractivity (Wildman–Crippen MR) is 99.1 cm³/mol. The van der Waals surface area contributed by atoms with E-state index in [1.807, 2.05) is 20.0 Å². The summed E-state index contributed by atoms with van der Waals surface area (Å²) in [5.74, 6) is 1.63. The molecule has 7 nitrogen and oxygen atoms in total. The summed E-state index contributed by atoms with van der Waals surface area (Å²) in [5, 5.41) is 17.2. The molecule has 0 amide bonds. The lowest BCUT2D eigenvalue weighted by Crippen LogP contribution is -2.39. The largest absolute Gasteiger partial charge is 0.391 e. The van der Waals surface area contributed by atoms with Crippen molar-refractivity contribution in [2.24, 2.45) is 0 Å². The summed E-state index contributed by atoms with van der Waals surface area (Å²) in [6.45, 7) is 6.59. The lowest BCUT2D eigenvalue weighted by atomic mass is 10.1. The van der Waals surface area contributed by atoms with Crippen LogP contribution in [0.3, 0.4) is 0 Å². The van der Waals surface area contributed by atoms with Gasteiger partial charge in [-0.1, -0.05) is 0 Å². The first-order valence-corrected chi connectivity index (χ1v) is 9.02. The number of anilines is 2. The minimum atomic E-state index is -0.258. The number of aliphatic hydroxyl groups excluding tert-OH is 1. The molecule has 2 aromatic heterocycles. The Balaban J connectivity index is 1.58. The number of hydrogen-bond acceptors (Lipinski definition) is 6. The van der Waals surface area contributed by atoms with Gasteiger partial charge >= 0.3 is 0 Å². The summed E-state index contributed by atoms with van der Waals surface area (Å²) in [7, 11) is 2.03. The Morgan fingerprint density at radius 1 is 1.40 bits per heavy atom. The van der Waals surface area contributed by atoms with E-state index in [9.17, 15) is 5.11 Å². The van der Waals surface area contributed by atoms with E-state index in [1.165, 1.54) is 5.56 Å². The second-order valence-electron chi connectivity index (χ2n) is 6.89. The van der Waals surface area contributed by atoms with Crippen LogP contribution in [0.15, 0.2) is 12.3 Å². The van der Waals surface area contributed by atoms with Crippen LogP contribution < -0.4 is 9.80 Å². The molecule has 1 aliphatic rings. The van der Waals surface area contributed by atoms with Crippen molar-refractivity contribution in [3.63, 3.8) is 0 Å². The number of rotatable bonds is 6. The number of β-amino-alcohol motifs (C(OH)–C–C–N with tert-alkyl or cyclic N) is 1. The number of aliphatic hydroxyl groups is 1. The van der Waals surface area contributed by atoms with Gasteiger partial charge in [-0.2, -0.15) is 10.1 Å². The van der Waals surface area contributed by atoms with E-state index < -0.39 is 0 Å². The van der Waals surface area contributed by atoms with Crippen LogP contribution in [0.5, 0.6) is 0 Å². The molecule has 1 aliphatic heterocycles. The highest BCUT2D eigenvalue weighted by atomic mass is 16.3. The molecule has 1 atom stereocenters. The first-order chi connectivity index (χ1) is 12.0. The van der Waals surface area contributed by atoms with E-state index in [0.29, 0.717) is 6.54 Å². The number of hydrogen-bond donors (Lipinski definition) is 2. The number of piperidine rings is 1. The molecule has 1 saturated heterocycles. The Hall–Kier alpha value is -2.15. The van der Waals surface area contributed by atoms with Gasteiger partial charge < -0.3 is 14.9 Å². The number of aryl methyl sites for hydroxylation is 2. The van der Waals surface area contributed by atoms with E-state index in [2.05, 4.69) is 31.9 Å². The number of H-pyrrole nitrogens is 1. The first-order valence-electron chi connectivity index (χ1n) is 9.02. The predicted octanol–water partition coefficient (Wildman–Crippen LogP) is 1.85. The molecule has 25 heavy (non-hydrogen) atoms. The van der Waals surface area contributed by atoms with E-state index in [-0.39, 0.29) is 6.10 Å². The average Bonchev–Trinajstić information content (AvgIpc) is 2.93. The van der Waals surface area contributed by atoms with Gasteiger partial charge in [0.25, 0.3) is 0 Å². The van der Waals surface area contributed by atoms with Gasteiger partial charge in [0.05, 0.1) is 11.8 Å². The third kappa shape index (κ3) is 4.28. The van der Waals surface area contributed by atoms with Crippen molar-refractivity contribution in [3.8, 4) is 0 Å². The smallest absolute Gasteiger partial charge is 0.226 e. The Bertz CT molecular complexity index is 681. The Kier molecular flexibility index (Phi) is 5.53. The molecule has 0 aliphatic carbocycles. The number of aromatic amines is 1. The van der Waals surface area contributed by atoms with Crippen molar-refractivity contribution in [3.05, 3.63) is 29.2 Å². The molecule has 2 N–H and O–H groups in total. The van der Waals surface area contributed by atoms with E-state index >= 15 is 0 Å². The molecular weight excluding hydrogens is 316 g/mol. The third-order valence-electron chi connectivity index (χ3n) is 4.89. The van der Waals surface area contributed by atoms with Gasteiger partial charge in [-0.15, -0.1) is 0 Å². The third-order valence-corrected chi connectivity index (χ3v) is 4.89. The van der Waals surface area contributed by atoms with Crippen LogP contribution in [0.1, 0.15) is 36.2 Å². The molecule has 3 heterocycles. The first kappa shape index (κ1) is 17.7. The number of nitrogens with one attached hydrogen (secondary N) is 1. The summed E-state index contributed by atoms with van der Waals surface area (Å²) < 4.78 is 0. The van der Waals surface area contributed by atoms with Gasteiger partial charge in [0.15, 0.2) is 0 Å². The summed E-state index contributed by atoms with van der Waals surface area (Å²) in [4.78, 5) is 13.3. The topological polar surface area (TPSA) is 81.2 Å². The molecular formula is C18H28N6O. The van der Waals surface area contributed by atoms with E-state index in [4.69, 9.17) is 4.98 Å². The van der Waals surface area contributed by atoms with Crippen molar-refractivity contribution < 1.29 is 5.11 Å². The zero-order chi connectivity index (χ0) is 17.8. The Morgan fingerprint density at radius 2 is 2.24 bits per heavy atom. The minimum Gasteiger partial charge on any atom is -0.391 e. The highest BCUT2D eigenvalue weighted by molar-refractivity contribution is 5.44. The lowest BCUT2D eigenvalue weighted by Gasteiger charge is -2.31. The summed E-state index contributed by atoms with van der Waals surface area (Å²) >= 11 is 0. The van der Waals surface area contributed by atoms with Crippen LogP contribution in [0.2, 0.25) is 0 Å². The van der Waals surface area contributed by atoms with Crippen molar-refractivity contribution in [2.75, 3.05) is 36.5 Å². The molecule has 0 spiro atoms. The fourth-order valence-electron chi connectivity index (χ4n) is 3.40. The molecule has 0 saturated carbocycles. The normalized spacial score (nSPS) is 17.8. The fourth-order valence-corrected chi connectivity index (χ4v) is 3.40. The Labute approximate surface area is 149 Å². The number of aromatic nitrogens is 4. The molecule has 1 fully saturated rings. The van der Waals surface area contributed by atoms with Crippen LogP contribution in [0.25, 0.3) is 0 Å². The zero-order valence-corrected chi connectivity index (χ0v) is 15.4. The summed E-state index contributed by atoms with van der Waals surface area (Å²) in [6, 6.07) is 1.92. The SMILES string of the molecule is Cc1n[nH]c(C)c1CCCN(C)c1nccc(N2CCC[C@@H](O)C2)n1. The van der Waals surface area contributed by atoms with Crippen molar-refractivity contribution in [2.45, 2.75) is 45.6 Å². The number of nitrogens with zero attached hydrogens (tertiary/aromatic N) is 5. The molecule has 0 radical (unpaired) electrons. The van der Waals surface area contributed by atoms with Crippen LogP contribution in [0.4, 0.5) is 11.8 Å². The second kappa shape index (κ2) is 7.82. The van der Waals surface area contributed by atoms with Crippen molar-refractivity contribution >= 4 is 11.8 Å². The summed E-state index contributed by atoms with van der Waals surface area (Å²) in [6.07, 6.45) is 5.44. The molecule has 3 rings (SSSR count). The minimum absolute atomic E-state index is 0.258. The molecule has 0 aromatic carbocycles. The van der Waals surface area contributed by atoms with Gasteiger partial charge in [-0.25, -0.2) is 4.98 Å². The fraction of sp³-hybridized carbons (Fsp3) is 0.611. The van der Waals surface area contributed by atoms with Gasteiger partial charge in [-0.05, 0) is 51.2 Å². The van der Waals surface area contributed by atoms with Crippen LogP contribution in [-0.2, 0) is 6.42 Å². The molecule has 136 valence electrons. The average molecular weight is 344 g/mol. The summed E-state index contributed by atoms with van der Waals surface area (Å²) in [5.41, 5.74) is 3.55. The maximum Gasteiger partial charge on any atom is 0.226 e. The van der Waals surface area contributed by atoms with E-state index in [1.54, 1.807) is 6.20 Å². The lowest BCUT2D eigenvalue weighted by molar-refractivity contribution is 0.154. The highest BCUT2D eigenvalue weighted by Crippen LogP contribution is 2.20. The quantitative estimate of drug-likeness (QED) is 0.832. The molecule has 2 aromatic rings. The molecule has 7 heteroatoms. The highest BCUT2D eigenvalue weighted by Gasteiger charge is 2.19. The Morgan fingerprint density at radius 3 is 2.96 bits per heavy atom.